The zero-order valence-corrected chi connectivity index (χ0v) is 13.3. The summed E-state index contributed by atoms with van der Waals surface area (Å²) in [7, 11) is 0. The van der Waals surface area contributed by atoms with E-state index in [0.717, 1.165) is 18.4 Å². The van der Waals surface area contributed by atoms with Crippen molar-refractivity contribution in [1.29, 1.82) is 0 Å². The number of ketones is 1. The van der Waals surface area contributed by atoms with Crippen molar-refractivity contribution in [2.45, 2.75) is 32.8 Å². The van der Waals surface area contributed by atoms with Gasteiger partial charge in [-0.1, -0.05) is 38.1 Å². The summed E-state index contributed by atoms with van der Waals surface area (Å²) in [5.74, 6) is 0.545. The summed E-state index contributed by atoms with van der Waals surface area (Å²) >= 11 is 0. The molecule has 1 aromatic carbocycles. The third-order valence-electron chi connectivity index (χ3n) is 3.12. The van der Waals surface area contributed by atoms with E-state index in [1.165, 1.54) is 0 Å². The molecule has 1 fully saturated rings. The van der Waals surface area contributed by atoms with Gasteiger partial charge < -0.3 is 10.6 Å². The Labute approximate surface area is 130 Å². The zero-order chi connectivity index (χ0) is 11.7. The van der Waals surface area contributed by atoms with Gasteiger partial charge in [0.15, 0.2) is 5.78 Å². The molecule has 0 aromatic heterocycles. The van der Waals surface area contributed by atoms with Crippen LogP contribution >= 0.6 is 0 Å². The van der Waals surface area contributed by atoms with Crippen LogP contribution in [-0.2, 0) is 0 Å². The van der Waals surface area contributed by atoms with Crippen molar-refractivity contribution in [1.82, 2.24) is 0 Å². The van der Waals surface area contributed by atoms with Crippen LogP contribution in [0.5, 0.6) is 0 Å². The average molecular weight is 258 g/mol. The van der Waals surface area contributed by atoms with Gasteiger partial charge in [0.2, 0.25) is 0 Å². The Balaban J connectivity index is 0.00000144. The fraction of sp³-hybridized carbons (Fsp3) is 0.500. The number of rotatable bonds is 4. The predicted molar refractivity (Wildman–Crippen MR) is 65.2 cm³/mol. The van der Waals surface area contributed by atoms with Crippen molar-refractivity contribution in [2.24, 2.45) is 11.8 Å². The van der Waals surface area contributed by atoms with Crippen LogP contribution in [0.3, 0.4) is 0 Å². The first kappa shape index (κ1) is 17.8. The maximum Gasteiger partial charge on any atom is 1.00 e. The van der Waals surface area contributed by atoms with Gasteiger partial charge in [-0.05, 0) is 24.3 Å². The van der Waals surface area contributed by atoms with Crippen LogP contribution in [0.4, 0.5) is 0 Å². The predicted octanol–water partition coefficient (Wildman–Crippen LogP) is -0.204. The second kappa shape index (κ2) is 7.41. The van der Waals surface area contributed by atoms with Crippen molar-refractivity contribution in [3.05, 3.63) is 35.4 Å². The van der Waals surface area contributed by atoms with E-state index in [9.17, 15) is 9.90 Å². The summed E-state index contributed by atoms with van der Waals surface area (Å²) < 4.78 is 0. The SMILES string of the molecule is CC(C)C(O)c1ccccc1C(=O)C1CC1.[Na+].[OH-]. The van der Waals surface area contributed by atoms with Crippen molar-refractivity contribution >= 4 is 5.78 Å². The van der Waals surface area contributed by atoms with Gasteiger partial charge in [0.25, 0.3) is 0 Å². The Morgan fingerprint density at radius 3 is 2.33 bits per heavy atom. The Bertz CT molecular complexity index is 400. The Morgan fingerprint density at radius 2 is 1.83 bits per heavy atom. The minimum Gasteiger partial charge on any atom is -0.870 e. The maximum absolute atomic E-state index is 12.0. The van der Waals surface area contributed by atoms with Gasteiger partial charge in [-0.15, -0.1) is 0 Å². The molecule has 0 aliphatic heterocycles. The molecule has 0 spiro atoms. The first-order valence-corrected chi connectivity index (χ1v) is 5.92. The number of carbonyl (C=O) groups excluding carboxylic acids is 1. The summed E-state index contributed by atoms with van der Waals surface area (Å²) in [5.41, 5.74) is 1.50. The second-order valence-electron chi connectivity index (χ2n) is 4.91. The van der Waals surface area contributed by atoms with Crippen LogP contribution in [0, 0.1) is 11.8 Å². The molecule has 3 nitrogen and oxygen atoms in total. The van der Waals surface area contributed by atoms with Gasteiger partial charge in [0.1, 0.15) is 0 Å². The van der Waals surface area contributed by atoms with Crippen LogP contribution in [0.2, 0.25) is 0 Å². The van der Waals surface area contributed by atoms with E-state index in [1.807, 2.05) is 38.1 Å². The summed E-state index contributed by atoms with van der Waals surface area (Å²) in [5, 5.41) is 10.1. The van der Waals surface area contributed by atoms with E-state index < -0.39 is 6.10 Å². The molecule has 1 atom stereocenters. The first-order chi connectivity index (χ1) is 7.61. The van der Waals surface area contributed by atoms with Crippen LogP contribution < -0.4 is 29.6 Å². The summed E-state index contributed by atoms with van der Waals surface area (Å²) in [4.78, 5) is 12.0. The molecule has 0 saturated heterocycles. The van der Waals surface area contributed by atoms with Crippen LogP contribution in [0.1, 0.15) is 48.7 Å². The molecule has 0 heterocycles. The second-order valence-corrected chi connectivity index (χ2v) is 4.91. The number of Topliss-reactive ketones (excluding diaryl/α,β-unsaturated/α-hetero) is 1. The van der Waals surface area contributed by atoms with Crippen LogP contribution in [0.25, 0.3) is 0 Å². The fourth-order valence-electron chi connectivity index (χ4n) is 1.90. The molecule has 1 saturated carbocycles. The smallest absolute Gasteiger partial charge is 0.870 e. The first-order valence-electron chi connectivity index (χ1n) is 5.92. The number of aliphatic hydroxyl groups is 1. The third kappa shape index (κ3) is 3.90. The molecule has 1 aliphatic rings. The largest absolute Gasteiger partial charge is 1.00 e. The van der Waals surface area contributed by atoms with E-state index in [4.69, 9.17) is 0 Å². The molecule has 0 amide bonds. The maximum atomic E-state index is 12.0. The van der Waals surface area contributed by atoms with E-state index in [1.54, 1.807) is 0 Å². The normalized spacial score (nSPS) is 15.6. The summed E-state index contributed by atoms with van der Waals surface area (Å²) in [6, 6.07) is 7.44. The quantitative estimate of drug-likeness (QED) is 0.600. The fourth-order valence-corrected chi connectivity index (χ4v) is 1.90. The number of benzene rings is 1. The average Bonchev–Trinajstić information content (AvgIpc) is 3.11. The number of hydrogen-bond donors (Lipinski definition) is 1. The standard InChI is InChI=1S/C14H18O2.Na.H2O/c1-9(2)13(15)11-5-3-4-6-12(11)14(16)10-7-8-10;;/h3-6,9-10,13,15H,7-8H2,1-2H3;;1H2/q;+1;/p-1. The number of aliphatic hydroxyl groups excluding tert-OH is 1. The van der Waals surface area contributed by atoms with Crippen molar-refractivity contribution in [3.8, 4) is 0 Å². The zero-order valence-electron chi connectivity index (χ0n) is 11.3. The Hall–Kier alpha value is -0.190. The Kier molecular flexibility index (Phi) is 7.33. The van der Waals surface area contributed by atoms with Gasteiger partial charge in [-0.2, -0.15) is 0 Å². The molecule has 4 heteroatoms. The molecule has 2 rings (SSSR count). The van der Waals surface area contributed by atoms with Gasteiger partial charge in [0, 0.05) is 11.5 Å². The van der Waals surface area contributed by atoms with Gasteiger partial charge in [-0.3, -0.25) is 4.79 Å². The molecule has 0 bridgehead atoms. The molecule has 1 aliphatic carbocycles. The molecule has 1 aromatic rings. The molecule has 0 radical (unpaired) electrons. The Morgan fingerprint density at radius 1 is 1.28 bits per heavy atom. The van der Waals surface area contributed by atoms with E-state index in [2.05, 4.69) is 0 Å². The van der Waals surface area contributed by atoms with Crippen molar-refractivity contribution in [3.63, 3.8) is 0 Å². The minimum atomic E-state index is -0.543. The van der Waals surface area contributed by atoms with Crippen molar-refractivity contribution < 1.29 is 44.9 Å². The van der Waals surface area contributed by atoms with Gasteiger partial charge >= 0.3 is 29.6 Å². The van der Waals surface area contributed by atoms with E-state index in [0.29, 0.717) is 5.56 Å². The molecular formula is C14H19NaO3. The van der Waals surface area contributed by atoms with Crippen LogP contribution in [-0.4, -0.2) is 16.4 Å². The third-order valence-corrected chi connectivity index (χ3v) is 3.12. The molecule has 2 N–H and O–H groups in total. The minimum absolute atomic E-state index is 0. The van der Waals surface area contributed by atoms with Gasteiger partial charge in [-0.25, -0.2) is 0 Å². The van der Waals surface area contributed by atoms with E-state index in [-0.39, 0.29) is 52.7 Å². The molecule has 18 heavy (non-hydrogen) atoms. The number of hydrogen-bond acceptors (Lipinski definition) is 3. The number of carbonyl (C=O) groups is 1. The molecule has 94 valence electrons. The molecular weight excluding hydrogens is 239 g/mol. The molecule has 1 unspecified atom stereocenters. The van der Waals surface area contributed by atoms with Crippen LogP contribution in [0.15, 0.2) is 24.3 Å². The summed E-state index contributed by atoms with van der Waals surface area (Å²) in [6.45, 7) is 3.92. The monoisotopic (exact) mass is 258 g/mol. The topological polar surface area (TPSA) is 67.3 Å². The summed E-state index contributed by atoms with van der Waals surface area (Å²) in [6.07, 6.45) is 1.47. The van der Waals surface area contributed by atoms with Crippen molar-refractivity contribution in [2.75, 3.05) is 0 Å². The van der Waals surface area contributed by atoms with Gasteiger partial charge in [0.05, 0.1) is 6.10 Å². The van der Waals surface area contributed by atoms with E-state index >= 15 is 0 Å².